The molecule has 0 aromatic heterocycles. The second-order valence-corrected chi connectivity index (χ2v) is 5.88. The van der Waals surface area contributed by atoms with Gasteiger partial charge < -0.3 is 10.6 Å². The fourth-order valence-corrected chi connectivity index (χ4v) is 2.39. The smallest absolute Gasteiger partial charge is 0.313 e. The predicted octanol–water partition coefficient (Wildman–Crippen LogP) is 3.72. The lowest BCUT2D eigenvalue weighted by Gasteiger charge is -2.13. The first-order chi connectivity index (χ1) is 11.0. The molecule has 2 rings (SSSR count). The van der Waals surface area contributed by atoms with Gasteiger partial charge in [0, 0.05) is 17.3 Å². The Morgan fingerprint density at radius 1 is 1.00 bits per heavy atom. The Kier molecular flexibility index (Phi) is 5.77. The zero-order valence-corrected chi connectivity index (χ0v) is 13.9. The Morgan fingerprint density at radius 3 is 2.35 bits per heavy atom. The first-order valence-electron chi connectivity index (χ1n) is 7.40. The molecule has 0 fully saturated rings. The molecule has 0 aliphatic rings. The van der Waals surface area contributed by atoms with Crippen LogP contribution in [0.25, 0.3) is 0 Å². The van der Waals surface area contributed by atoms with Crippen molar-refractivity contribution in [2.75, 3.05) is 5.32 Å². The van der Waals surface area contributed by atoms with Gasteiger partial charge in [0.15, 0.2) is 0 Å². The second-order valence-electron chi connectivity index (χ2n) is 5.47. The molecular formula is C18H19ClN2O2. The third kappa shape index (κ3) is 4.57. The number of rotatable bonds is 4. The number of nitrogens with one attached hydrogen (secondary N) is 2. The summed E-state index contributed by atoms with van der Waals surface area (Å²) in [4.78, 5) is 24.0. The van der Waals surface area contributed by atoms with Gasteiger partial charge in [0.05, 0.1) is 0 Å². The van der Waals surface area contributed by atoms with Gasteiger partial charge >= 0.3 is 11.8 Å². The van der Waals surface area contributed by atoms with Crippen molar-refractivity contribution in [3.8, 4) is 0 Å². The molecule has 2 amide bonds. The van der Waals surface area contributed by atoms with Crippen molar-refractivity contribution < 1.29 is 9.59 Å². The molecule has 0 spiro atoms. The Bertz CT molecular complexity index is 714. The lowest BCUT2D eigenvalue weighted by molar-refractivity contribution is -0.136. The average Bonchev–Trinajstić information content (AvgIpc) is 2.54. The Hall–Kier alpha value is -2.33. The van der Waals surface area contributed by atoms with E-state index in [1.807, 2.05) is 44.2 Å². The highest BCUT2D eigenvalue weighted by atomic mass is 35.5. The van der Waals surface area contributed by atoms with Gasteiger partial charge in [0.2, 0.25) is 0 Å². The van der Waals surface area contributed by atoms with E-state index in [9.17, 15) is 9.59 Å². The van der Waals surface area contributed by atoms with E-state index in [4.69, 9.17) is 11.6 Å². The van der Waals surface area contributed by atoms with Crippen LogP contribution in [-0.4, -0.2) is 11.8 Å². The van der Waals surface area contributed by atoms with Crippen LogP contribution in [0.5, 0.6) is 0 Å². The van der Waals surface area contributed by atoms with Crippen LogP contribution < -0.4 is 10.6 Å². The number of carbonyl (C=O) groups excluding carboxylic acids is 2. The molecular weight excluding hydrogens is 312 g/mol. The summed E-state index contributed by atoms with van der Waals surface area (Å²) in [5.41, 5.74) is 2.40. The van der Waals surface area contributed by atoms with Crippen LogP contribution in [0.2, 0.25) is 5.02 Å². The largest absolute Gasteiger partial charge is 0.344 e. The number of anilines is 1. The fraction of sp³-hybridized carbons (Fsp3) is 0.222. The summed E-state index contributed by atoms with van der Waals surface area (Å²) in [6, 6.07) is 14.6. The number of hydrogen-bond acceptors (Lipinski definition) is 2. The average molecular weight is 331 g/mol. The van der Waals surface area contributed by atoms with Gasteiger partial charge in [-0.2, -0.15) is 0 Å². The summed E-state index contributed by atoms with van der Waals surface area (Å²) < 4.78 is 0. The zero-order chi connectivity index (χ0) is 16.8. The van der Waals surface area contributed by atoms with Gasteiger partial charge in [-0.3, -0.25) is 9.59 Å². The number of benzene rings is 2. The van der Waals surface area contributed by atoms with Crippen LogP contribution in [0, 0.1) is 0 Å². The molecule has 0 saturated carbocycles. The number of halogens is 1. The summed E-state index contributed by atoms with van der Waals surface area (Å²) in [5, 5.41) is 5.79. The third-order valence-corrected chi connectivity index (χ3v) is 3.80. The molecule has 0 saturated heterocycles. The van der Waals surface area contributed by atoms with Crippen LogP contribution in [-0.2, 0) is 16.1 Å². The molecule has 5 heteroatoms. The predicted molar refractivity (Wildman–Crippen MR) is 92.5 cm³/mol. The van der Waals surface area contributed by atoms with Crippen molar-refractivity contribution >= 4 is 29.1 Å². The maximum Gasteiger partial charge on any atom is 0.313 e. The molecule has 2 aromatic carbocycles. The molecule has 0 aliphatic carbocycles. The maximum atomic E-state index is 12.0. The van der Waals surface area contributed by atoms with Crippen molar-refractivity contribution in [2.45, 2.75) is 26.3 Å². The van der Waals surface area contributed by atoms with Crippen LogP contribution in [0.1, 0.15) is 30.9 Å². The van der Waals surface area contributed by atoms with Crippen LogP contribution >= 0.6 is 11.6 Å². The molecule has 2 N–H and O–H groups in total. The molecule has 4 nitrogen and oxygen atoms in total. The molecule has 0 bridgehead atoms. The molecule has 0 atom stereocenters. The van der Waals surface area contributed by atoms with Crippen molar-refractivity contribution in [3.05, 3.63) is 64.7 Å². The van der Waals surface area contributed by atoms with Crippen molar-refractivity contribution in [3.63, 3.8) is 0 Å². The minimum Gasteiger partial charge on any atom is -0.344 e. The van der Waals surface area contributed by atoms with E-state index >= 15 is 0 Å². The fourth-order valence-electron chi connectivity index (χ4n) is 2.19. The number of amides is 2. The minimum atomic E-state index is -0.691. The van der Waals surface area contributed by atoms with E-state index in [-0.39, 0.29) is 12.5 Å². The number of para-hydroxylation sites is 1. The van der Waals surface area contributed by atoms with E-state index in [1.165, 1.54) is 0 Å². The van der Waals surface area contributed by atoms with Gasteiger partial charge in [-0.25, -0.2) is 0 Å². The highest BCUT2D eigenvalue weighted by Gasteiger charge is 2.16. The first kappa shape index (κ1) is 17.0. The maximum absolute atomic E-state index is 12.0. The van der Waals surface area contributed by atoms with E-state index in [1.54, 1.807) is 18.2 Å². The summed E-state index contributed by atoms with van der Waals surface area (Å²) in [7, 11) is 0. The van der Waals surface area contributed by atoms with Gasteiger partial charge in [0.1, 0.15) is 0 Å². The van der Waals surface area contributed by atoms with E-state index in [2.05, 4.69) is 10.6 Å². The van der Waals surface area contributed by atoms with Crippen LogP contribution in [0.4, 0.5) is 5.69 Å². The van der Waals surface area contributed by atoms with E-state index < -0.39 is 11.8 Å². The number of hydrogen-bond donors (Lipinski definition) is 2. The minimum absolute atomic E-state index is 0.206. The van der Waals surface area contributed by atoms with Crippen molar-refractivity contribution in [1.82, 2.24) is 5.32 Å². The molecule has 23 heavy (non-hydrogen) atoms. The molecule has 0 radical (unpaired) electrons. The second kappa shape index (κ2) is 7.79. The van der Waals surface area contributed by atoms with Gasteiger partial charge in [-0.05, 0) is 29.2 Å². The Morgan fingerprint density at radius 2 is 1.65 bits per heavy atom. The summed E-state index contributed by atoms with van der Waals surface area (Å²) in [6.07, 6.45) is 0. The number of carbonyl (C=O) groups is 2. The van der Waals surface area contributed by atoms with Gasteiger partial charge in [-0.15, -0.1) is 0 Å². The summed E-state index contributed by atoms with van der Waals surface area (Å²) >= 11 is 6.02. The highest BCUT2D eigenvalue weighted by molar-refractivity contribution is 6.39. The third-order valence-electron chi connectivity index (χ3n) is 3.43. The SMILES string of the molecule is CC(C)c1ccccc1NC(=O)C(=O)NCc1ccccc1Cl. The van der Waals surface area contributed by atoms with Crippen LogP contribution in [0.3, 0.4) is 0 Å². The topological polar surface area (TPSA) is 58.2 Å². The monoisotopic (exact) mass is 330 g/mol. The van der Waals surface area contributed by atoms with Crippen molar-refractivity contribution in [2.24, 2.45) is 0 Å². The van der Waals surface area contributed by atoms with E-state index in [0.29, 0.717) is 10.7 Å². The zero-order valence-electron chi connectivity index (χ0n) is 13.1. The quantitative estimate of drug-likeness (QED) is 0.839. The lowest BCUT2D eigenvalue weighted by Crippen LogP contribution is -2.35. The highest BCUT2D eigenvalue weighted by Crippen LogP contribution is 2.23. The first-order valence-corrected chi connectivity index (χ1v) is 7.78. The normalized spacial score (nSPS) is 10.4. The van der Waals surface area contributed by atoms with Gasteiger partial charge in [-0.1, -0.05) is 61.8 Å². The summed E-state index contributed by atoms with van der Waals surface area (Å²) in [5.74, 6) is -1.13. The molecule has 0 unspecified atom stereocenters. The standard InChI is InChI=1S/C18H19ClN2O2/c1-12(2)14-8-4-6-10-16(14)21-18(23)17(22)20-11-13-7-3-5-9-15(13)19/h3-10,12H,11H2,1-2H3,(H,20,22)(H,21,23). The Balaban J connectivity index is 1.98. The molecule has 120 valence electrons. The van der Waals surface area contributed by atoms with Gasteiger partial charge in [0.25, 0.3) is 0 Å². The van der Waals surface area contributed by atoms with Crippen molar-refractivity contribution in [1.29, 1.82) is 0 Å². The molecule has 0 heterocycles. The molecule has 0 aliphatic heterocycles. The van der Waals surface area contributed by atoms with Crippen LogP contribution in [0.15, 0.2) is 48.5 Å². The molecule has 2 aromatic rings. The summed E-state index contributed by atoms with van der Waals surface area (Å²) in [6.45, 7) is 4.27. The Labute approximate surface area is 140 Å². The lowest BCUT2D eigenvalue weighted by atomic mass is 10.0. The van der Waals surface area contributed by atoms with E-state index in [0.717, 1.165) is 11.1 Å².